The number of rotatable bonds is 6. The van der Waals surface area contributed by atoms with E-state index < -0.39 is 5.82 Å². The number of hydrogen-bond donors (Lipinski definition) is 1. The van der Waals surface area contributed by atoms with E-state index in [4.69, 9.17) is 11.6 Å². The minimum Gasteiger partial charge on any atom is -0.317 e. The quantitative estimate of drug-likeness (QED) is 0.386. The Morgan fingerprint density at radius 2 is 1.94 bits per heavy atom. The predicted octanol–water partition coefficient (Wildman–Crippen LogP) is 5.86. The molecule has 0 radical (unpaired) electrons. The fourth-order valence-electron chi connectivity index (χ4n) is 3.78. The molecule has 0 aliphatic heterocycles. The van der Waals surface area contributed by atoms with Gasteiger partial charge < -0.3 is 10.2 Å². The Balaban J connectivity index is 1.71. The number of halogens is 2. The first-order chi connectivity index (χ1) is 15.8. The summed E-state index contributed by atoms with van der Waals surface area (Å²) in [7, 11) is 0. The van der Waals surface area contributed by atoms with E-state index in [0.29, 0.717) is 18.1 Å². The van der Waals surface area contributed by atoms with Crippen molar-refractivity contribution in [2.45, 2.75) is 26.8 Å². The van der Waals surface area contributed by atoms with E-state index in [-0.39, 0.29) is 23.0 Å². The third-order valence-corrected chi connectivity index (χ3v) is 5.65. The maximum atomic E-state index is 13.5. The summed E-state index contributed by atoms with van der Waals surface area (Å²) in [6.45, 7) is 6.58. The van der Waals surface area contributed by atoms with Crippen molar-refractivity contribution < 1.29 is 9.18 Å². The monoisotopic (exact) mass is 466 g/mol. The number of nitrogens with zero attached hydrogens (tertiary/aromatic N) is 5. The van der Waals surface area contributed by atoms with E-state index in [9.17, 15) is 9.18 Å². The van der Waals surface area contributed by atoms with Crippen LogP contribution in [0.15, 0.2) is 61.1 Å². The van der Waals surface area contributed by atoms with E-state index in [0.717, 1.165) is 16.3 Å². The zero-order chi connectivity index (χ0) is 23.5. The first-order valence-electron chi connectivity index (χ1n) is 10.6. The van der Waals surface area contributed by atoms with Crippen molar-refractivity contribution in [1.29, 1.82) is 0 Å². The molecule has 170 valence electrons. The topological polar surface area (TPSA) is 75.9 Å². The lowest BCUT2D eigenvalue weighted by Gasteiger charge is -2.32. The molecule has 4 rings (SSSR count). The van der Waals surface area contributed by atoms with Gasteiger partial charge in [0, 0.05) is 29.4 Å². The van der Waals surface area contributed by atoms with Crippen LogP contribution in [0.1, 0.15) is 32.4 Å². The van der Waals surface area contributed by atoms with Crippen molar-refractivity contribution in [2.24, 2.45) is 5.92 Å². The molecule has 7 nitrogen and oxygen atoms in total. The number of anilines is 1. The SMILES string of the molecule is CC(C)CN(C(=O)Nc1ccc(F)c(Cl)c1)[C@@H](C)c1cnc(-n2ccnn2)c2ccccc12. The zero-order valence-electron chi connectivity index (χ0n) is 18.5. The van der Waals surface area contributed by atoms with Crippen LogP contribution in [0, 0.1) is 11.7 Å². The molecule has 2 heterocycles. The van der Waals surface area contributed by atoms with Gasteiger partial charge >= 0.3 is 6.03 Å². The van der Waals surface area contributed by atoms with Crippen LogP contribution < -0.4 is 5.32 Å². The van der Waals surface area contributed by atoms with Crippen LogP contribution in [-0.4, -0.2) is 37.5 Å². The van der Waals surface area contributed by atoms with Crippen molar-refractivity contribution in [1.82, 2.24) is 24.9 Å². The van der Waals surface area contributed by atoms with Crippen LogP contribution in [0.5, 0.6) is 0 Å². The van der Waals surface area contributed by atoms with Crippen molar-refractivity contribution in [3.8, 4) is 5.82 Å². The molecule has 4 aromatic rings. The Hall–Kier alpha value is -3.52. The van der Waals surface area contributed by atoms with Crippen molar-refractivity contribution >= 4 is 34.1 Å². The summed E-state index contributed by atoms with van der Waals surface area (Å²) in [5.74, 6) is 0.357. The lowest BCUT2D eigenvalue weighted by atomic mass is 10.00. The molecule has 0 bridgehead atoms. The number of amides is 2. The third-order valence-electron chi connectivity index (χ3n) is 5.36. The van der Waals surface area contributed by atoms with E-state index in [2.05, 4.69) is 20.6 Å². The molecule has 1 N–H and O–H groups in total. The Bertz CT molecular complexity index is 1280. The van der Waals surface area contributed by atoms with Crippen molar-refractivity contribution in [3.63, 3.8) is 0 Å². The van der Waals surface area contributed by atoms with Gasteiger partial charge in [0.1, 0.15) is 5.82 Å². The second-order valence-corrected chi connectivity index (χ2v) is 8.62. The summed E-state index contributed by atoms with van der Waals surface area (Å²) in [4.78, 5) is 19.7. The summed E-state index contributed by atoms with van der Waals surface area (Å²) in [5, 5.41) is 12.6. The number of benzene rings is 2. The van der Waals surface area contributed by atoms with Crippen LogP contribution in [0.3, 0.4) is 0 Å². The molecule has 0 saturated heterocycles. The van der Waals surface area contributed by atoms with Gasteiger partial charge in [-0.25, -0.2) is 18.9 Å². The Morgan fingerprint density at radius 3 is 2.61 bits per heavy atom. The van der Waals surface area contributed by atoms with Gasteiger partial charge in [0.05, 0.1) is 23.5 Å². The van der Waals surface area contributed by atoms with Gasteiger partial charge in [-0.1, -0.05) is 54.9 Å². The highest BCUT2D eigenvalue weighted by atomic mass is 35.5. The molecule has 0 fully saturated rings. The minimum absolute atomic E-state index is 0.0462. The molecule has 0 unspecified atom stereocenters. The Labute approximate surface area is 196 Å². The first kappa shape index (κ1) is 22.7. The fraction of sp³-hybridized carbons (Fsp3) is 0.250. The molecule has 2 aromatic carbocycles. The average molecular weight is 467 g/mol. The number of carbonyl (C=O) groups excluding carboxylic acids is 1. The number of carbonyl (C=O) groups is 1. The molecule has 0 spiro atoms. The maximum absolute atomic E-state index is 13.5. The largest absolute Gasteiger partial charge is 0.322 e. The van der Waals surface area contributed by atoms with Gasteiger partial charge in [0.25, 0.3) is 0 Å². The summed E-state index contributed by atoms with van der Waals surface area (Å²) in [6, 6.07) is 11.4. The summed E-state index contributed by atoms with van der Waals surface area (Å²) in [5.41, 5.74) is 1.33. The number of aromatic nitrogens is 4. The van der Waals surface area contributed by atoms with Gasteiger partial charge in [0.15, 0.2) is 5.82 Å². The second kappa shape index (κ2) is 9.54. The van der Waals surface area contributed by atoms with Crippen LogP contribution in [-0.2, 0) is 0 Å². The van der Waals surface area contributed by atoms with Crippen molar-refractivity contribution in [3.05, 3.63) is 77.5 Å². The Kier molecular flexibility index (Phi) is 6.55. The van der Waals surface area contributed by atoms with Crippen LogP contribution in [0.4, 0.5) is 14.9 Å². The van der Waals surface area contributed by atoms with Gasteiger partial charge in [-0.05, 0) is 36.4 Å². The number of fused-ring (bicyclic) bond motifs is 1. The Morgan fingerprint density at radius 1 is 1.18 bits per heavy atom. The molecule has 2 aromatic heterocycles. The standard InChI is InChI=1S/C24H24ClFN6O/c1-15(2)14-31(24(33)29-17-8-9-22(26)21(25)12-17)16(3)20-13-27-23(32-11-10-28-30-32)19-7-5-4-6-18(19)20/h4-13,15-16H,14H2,1-3H3,(H,29,33)/t16-/m0/s1. The summed E-state index contributed by atoms with van der Waals surface area (Å²) >= 11 is 5.88. The number of hydrogen-bond acceptors (Lipinski definition) is 4. The van der Waals surface area contributed by atoms with Gasteiger partial charge in [0.2, 0.25) is 0 Å². The highest BCUT2D eigenvalue weighted by molar-refractivity contribution is 6.31. The second-order valence-electron chi connectivity index (χ2n) is 8.21. The highest BCUT2D eigenvalue weighted by Crippen LogP contribution is 2.31. The molecular weight excluding hydrogens is 443 g/mol. The first-order valence-corrected chi connectivity index (χ1v) is 11.0. The molecule has 33 heavy (non-hydrogen) atoms. The smallest absolute Gasteiger partial charge is 0.317 e. The summed E-state index contributed by atoms with van der Waals surface area (Å²) < 4.78 is 15.1. The third kappa shape index (κ3) is 4.80. The number of pyridine rings is 1. The minimum atomic E-state index is -0.535. The fourth-order valence-corrected chi connectivity index (χ4v) is 3.96. The van der Waals surface area contributed by atoms with E-state index in [1.54, 1.807) is 28.2 Å². The molecule has 2 amide bonds. The lowest BCUT2D eigenvalue weighted by molar-refractivity contribution is 0.184. The van der Waals surface area contributed by atoms with Gasteiger partial charge in [-0.2, -0.15) is 0 Å². The molecule has 0 aliphatic carbocycles. The highest BCUT2D eigenvalue weighted by Gasteiger charge is 2.25. The van der Waals surface area contributed by atoms with Crippen LogP contribution in [0.25, 0.3) is 16.6 Å². The van der Waals surface area contributed by atoms with E-state index >= 15 is 0 Å². The number of nitrogens with one attached hydrogen (secondary N) is 1. The average Bonchev–Trinajstić information content (AvgIpc) is 3.33. The molecular formula is C24H24ClFN6O. The normalized spacial score (nSPS) is 12.2. The van der Waals surface area contributed by atoms with E-state index in [1.165, 1.54) is 18.2 Å². The lowest BCUT2D eigenvalue weighted by Crippen LogP contribution is -2.39. The van der Waals surface area contributed by atoms with E-state index in [1.807, 2.05) is 45.0 Å². The van der Waals surface area contributed by atoms with Gasteiger partial charge in [-0.3, -0.25) is 0 Å². The molecule has 0 saturated carbocycles. The number of urea groups is 1. The van der Waals surface area contributed by atoms with Crippen LogP contribution >= 0.6 is 11.6 Å². The van der Waals surface area contributed by atoms with Crippen LogP contribution in [0.2, 0.25) is 5.02 Å². The molecule has 1 atom stereocenters. The maximum Gasteiger partial charge on any atom is 0.322 e. The zero-order valence-corrected chi connectivity index (χ0v) is 19.3. The van der Waals surface area contributed by atoms with Crippen molar-refractivity contribution in [2.75, 3.05) is 11.9 Å². The molecule has 9 heteroatoms. The summed E-state index contributed by atoms with van der Waals surface area (Å²) in [6.07, 6.45) is 5.12. The predicted molar refractivity (Wildman–Crippen MR) is 127 cm³/mol. The van der Waals surface area contributed by atoms with Gasteiger partial charge in [-0.15, -0.1) is 5.10 Å². The molecule has 0 aliphatic rings.